The number of nitrogens with zero attached hydrogens (tertiary/aromatic N) is 3. The number of ether oxygens (including phenoxy) is 2. The molecule has 3 rings (SSSR count). The second-order valence-electron chi connectivity index (χ2n) is 14.7. The number of ketones is 1. The van der Waals surface area contributed by atoms with E-state index in [-0.39, 0.29) is 66.2 Å². The van der Waals surface area contributed by atoms with E-state index in [1.165, 1.54) is 25.4 Å². The Labute approximate surface area is 307 Å². The normalized spacial score (nSPS) is 18.0. The highest BCUT2D eigenvalue weighted by Gasteiger charge is 2.37. The van der Waals surface area contributed by atoms with Gasteiger partial charge < -0.3 is 19.7 Å². The molecule has 282 valence electrons. The zero-order valence-corrected chi connectivity index (χ0v) is 32.7. The summed E-state index contributed by atoms with van der Waals surface area (Å²) in [6, 6.07) is 8.84. The molecule has 51 heavy (non-hydrogen) atoms. The van der Waals surface area contributed by atoms with Crippen LogP contribution in [0.2, 0.25) is 0 Å². The average Bonchev–Trinajstić information content (AvgIpc) is 3.59. The number of likely N-dealkylation sites (N-methyl/N-ethyl adjacent to an activating group) is 1. The predicted octanol–water partition coefficient (Wildman–Crippen LogP) is 5.88. The Morgan fingerprint density at radius 1 is 1.02 bits per heavy atom. The van der Waals surface area contributed by atoms with E-state index < -0.39 is 29.8 Å². The maximum Gasteiger partial charge on any atom is 0.308 e. The molecule has 2 amide bonds. The molecule has 0 unspecified atom stereocenters. The van der Waals surface area contributed by atoms with Crippen LogP contribution in [0.4, 0.5) is 0 Å². The first-order chi connectivity index (χ1) is 24.1. The Balaban J connectivity index is 1.79. The Hall–Kier alpha value is -3.64. The van der Waals surface area contributed by atoms with Crippen LogP contribution in [0, 0.1) is 23.7 Å². The van der Waals surface area contributed by atoms with Crippen molar-refractivity contribution in [3.05, 3.63) is 52.0 Å². The maximum absolute atomic E-state index is 14.1. The second-order valence-corrected chi connectivity index (χ2v) is 15.6. The van der Waals surface area contributed by atoms with Crippen LogP contribution in [0.1, 0.15) is 107 Å². The number of benzene rings is 1. The van der Waals surface area contributed by atoms with Gasteiger partial charge in [0.2, 0.25) is 5.91 Å². The number of aromatic nitrogens is 1. The first-order valence-corrected chi connectivity index (χ1v) is 19.1. The number of amides is 2. The van der Waals surface area contributed by atoms with Crippen LogP contribution in [0.15, 0.2) is 35.7 Å². The van der Waals surface area contributed by atoms with Gasteiger partial charge in [0.1, 0.15) is 10.7 Å². The number of carbonyl (C=O) groups excluding carboxylic acids is 5. The van der Waals surface area contributed by atoms with E-state index in [0.717, 1.165) is 31.4 Å². The van der Waals surface area contributed by atoms with Crippen LogP contribution in [-0.4, -0.2) is 90.2 Å². The van der Waals surface area contributed by atoms with Gasteiger partial charge in [0.05, 0.1) is 19.1 Å². The van der Waals surface area contributed by atoms with E-state index in [9.17, 15) is 24.0 Å². The van der Waals surface area contributed by atoms with Crippen molar-refractivity contribution in [3.8, 4) is 0 Å². The Morgan fingerprint density at radius 2 is 1.71 bits per heavy atom. The van der Waals surface area contributed by atoms with Gasteiger partial charge >= 0.3 is 11.9 Å². The van der Waals surface area contributed by atoms with Crippen LogP contribution >= 0.6 is 11.3 Å². The standard InChI is InChI=1S/C39H58N4O7S/c1-24(2)30(21-34(45)32-17-13-14-18-42(32)7)38(47)43(8)33(25(3)4)22-35(50-27(6)44)37-41-31(23-51-37)36(46)40-29(19-26(5)39(48)49-9)20-28-15-11-10-12-16-28/h10-12,15-16,23-26,29-30,32-33,35H,13-14,17-22H2,1-9H3,(H,40,46)/t26-,29+,30-,32+,33+,35+/m0/s1. The molecule has 0 aliphatic carbocycles. The highest BCUT2D eigenvalue weighted by Crippen LogP contribution is 2.32. The Bertz CT molecular complexity index is 1460. The van der Waals surface area contributed by atoms with Crippen molar-refractivity contribution in [2.24, 2.45) is 23.7 Å². The summed E-state index contributed by atoms with van der Waals surface area (Å²) in [6.07, 6.45) is 3.44. The number of methoxy groups -OCH3 is 1. The van der Waals surface area contributed by atoms with Crippen molar-refractivity contribution >= 4 is 40.9 Å². The number of piperidine rings is 1. The molecule has 1 aromatic heterocycles. The topological polar surface area (TPSA) is 135 Å². The van der Waals surface area contributed by atoms with E-state index in [1.54, 1.807) is 24.3 Å². The molecule has 0 bridgehead atoms. The number of likely N-dealkylation sites (tertiary alicyclic amines) is 1. The highest BCUT2D eigenvalue weighted by atomic mass is 32.1. The lowest BCUT2D eigenvalue weighted by Gasteiger charge is -2.37. The number of rotatable bonds is 18. The Kier molecular flexibility index (Phi) is 16.2. The minimum atomic E-state index is -0.800. The van der Waals surface area contributed by atoms with Crippen molar-refractivity contribution < 1.29 is 33.4 Å². The second kappa shape index (κ2) is 19.8. The predicted molar refractivity (Wildman–Crippen MR) is 198 cm³/mol. The molecule has 1 aliphatic rings. The summed E-state index contributed by atoms with van der Waals surface area (Å²) in [6.45, 7) is 11.9. The summed E-state index contributed by atoms with van der Waals surface area (Å²) < 4.78 is 10.7. The van der Waals surface area contributed by atoms with Gasteiger partial charge in [-0.2, -0.15) is 0 Å². The van der Waals surface area contributed by atoms with E-state index >= 15 is 0 Å². The summed E-state index contributed by atoms with van der Waals surface area (Å²) >= 11 is 1.21. The van der Waals surface area contributed by atoms with Crippen molar-refractivity contribution in [2.45, 2.75) is 111 Å². The minimum Gasteiger partial charge on any atom is -0.469 e. The number of nitrogens with one attached hydrogen (secondary N) is 1. The monoisotopic (exact) mass is 726 g/mol. The molecule has 0 radical (unpaired) electrons. The number of hydrogen-bond acceptors (Lipinski definition) is 10. The highest BCUT2D eigenvalue weighted by molar-refractivity contribution is 7.09. The van der Waals surface area contributed by atoms with Crippen molar-refractivity contribution in [2.75, 3.05) is 27.7 Å². The van der Waals surface area contributed by atoms with Gasteiger partial charge in [0.15, 0.2) is 11.9 Å². The van der Waals surface area contributed by atoms with Crippen LogP contribution in [0.3, 0.4) is 0 Å². The molecule has 1 aromatic carbocycles. The lowest BCUT2D eigenvalue weighted by Crippen LogP contribution is -2.48. The molecule has 1 fully saturated rings. The third kappa shape index (κ3) is 12.2. The maximum atomic E-state index is 14.1. The third-order valence-corrected chi connectivity index (χ3v) is 10.9. The van der Waals surface area contributed by atoms with Crippen molar-refractivity contribution in [1.29, 1.82) is 0 Å². The largest absolute Gasteiger partial charge is 0.469 e. The van der Waals surface area contributed by atoms with Crippen molar-refractivity contribution in [1.82, 2.24) is 20.1 Å². The number of hydrogen-bond donors (Lipinski definition) is 1. The quantitative estimate of drug-likeness (QED) is 0.187. The van der Waals surface area contributed by atoms with E-state index in [1.807, 2.05) is 65.1 Å². The molecule has 0 spiro atoms. The summed E-state index contributed by atoms with van der Waals surface area (Å²) in [4.78, 5) is 74.0. The average molecular weight is 727 g/mol. The lowest BCUT2D eigenvalue weighted by atomic mass is 9.84. The van der Waals surface area contributed by atoms with Gasteiger partial charge in [0.25, 0.3) is 5.91 Å². The van der Waals surface area contributed by atoms with Crippen LogP contribution < -0.4 is 5.32 Å². The van der Waals surface area contributed by atoms with Gasteiger partial charge in [-0.1, -0.05) is 71.4 Å². The molecule has 2 aromatic rings. The number of carbonyl (C=O) groups is 5. The smallest absolute Gasteiger partial charge is 0.308 e. The fourth-order valence-corrected chi connectivity index (χ4v) is 7.82. The SMILES string of the molecule is COC(=O)[C@@H](C)C[C@H](Cc1ccccc1)NC(=O)c1csc([C@@H](C[C@H](C(C)C)N(C)C(=O)[C@@H](CC(=O)[C@H]2CCCCN2C)C(C)C)OC(C)=O)n1. The molecule has 1 aliphatic heterocycles. The van der Waals surface area contributed by atoms with Crippen molar-refractivity contribution in [3.63, 3.8) is 0 Å². The van der Waals surface area contributed by atoms with E-state index in [0.29, 0.717) is 17.8 Å². The first-order valence-electron chi connectivity index (χ1n) is 18.2. The van der Waals surface area contributed by atoms with Crippen LogP contribution in [-0.2, 0) is 35.1 Å². The molecule has 0 saturated carbocycles. The third-order valence-electron chi connectivity index (χ3n) is 10.00. The molecule has 1 saturated heterocycles. The first kappa shape index (κ1) is 41.8. The molecule has 6 atom stereocenters. The summed E-state index contributed by atoms with van der Waals surface area (Å²) in [5.74, 6) is -2.23. The lowest BCUT2D eigenvalue weighted by molar-refractivity contribution is -0.149. The number of Topliss-reactive ketones (excluding diaryl/α,β-unsaturated/α-hetero) is 1. The number of esters is 2. The fraction of sp³-hybridized carbons (Fsp3) is 0.641. The van der Waals surface area contributed by atoms with E-state index in [2.05, 4.69) is 15.2 Å². The molecule has 11 nitrogen and oxygen atoms in total. The fourth-order valence-electron chi connectivity index (χ4n) is 6.98. The molecular formula is C39H58N4O7S. The molecular weight excluding hydrogens is 669 g/mol. The molecule has 1 N–H and O–H groups in total. The zero-order valence-electron chi connectivity index (χ0n) is 31.8. The summed E-state index contributed by atoms with van der Waals surface area (Å²) in [7, 11) is 5.08. The van der Waals surface area contributed by atoms with Crippen LogP contribution in [0.5, 0.6) is 0 Å². The minimum absolute atomic E-state index is 0.0109. The summed E-state index contributed by atoms with van der Waals surface area (Å²) in [5.41, 5.74) is 1.19. The van der Waals surface area contributed by atoms with Gasteiger partial charge in [-0.3, -0.25) is 28.9 Å². The van der Waals surface area contributed by atoms with Gasteiger partial charge in [0, 0.05) is 50.2 Å². The number of thiazole rings is 1. The van der Waals surface area contributed by atoms with Crippen LogP contribution in [0.25, 0.3) is 0 Å². The Morgan fingerprint density at radius 3 is 2.29 bits per heavy atom. The van der Waals surface area contributed by atoms with E-state index in [4.69, 9.17) is 9.47 Å². The molecule has 2 heterocycles. The van der Waals surface area contributed by atoms with Gasteiger partial charge in [-0.05, 0) is 56.7 Å². The molecule has 12 heteroatoms. The van der Waals surface area contributed by atoms with Gasteiger partial charge in [-0.25, -0.2) is 4.98 Å². The van der Waals surface area contributed by atoms with Gasteiger partial charge in [-0.15, -0.1) is 11.3 Å². The zero-order chi connectivity index (χ0) is 37.8. The summed E-state index contributed by atoms with van der Waals surface area (Å²) in [5, 5.41) is 5.12.